The molecule has 3 atom stereocenters. The molecule has 0 bridgehead atoms. The van der Waals surface area contributed by atoms with E-state index in [1.807, 2.05) is 0 Å². The fourth-order valence-corrected chi connectivity index (χ4v) is 4.12. The Hall–Kier alpha value is -0.740. The van der Waals surface area contributed by atoms with Gasteiger partial charge in [-0.1, -0.05) is 12.5 Å². The second-order valence-corrected chi connectivity index (χ2v) is 6.25. The zero-order valence-electron chi connectivity index (χ0n) is 12.3. The summed E-state index contributed by atoms with van der Waals surface area (Å²) in [5.41, 5.74) is 0. The first-order valence-corrected chi connectivity index (χ1v) is 8.17. The van der Waals surface area contributed by atoms with Crippen LogP contribution in [0.1, 0.15) is 64.2 Å². The summed E-state index contributed by atoms with van der Waals surface area (Å²) in [6.07, 6.45) is 20.6. The van der Waals surface area contributed by atoms with Gasteiger partial charge in [0.15, 0.2) is 0 Å². The smallest absolute Gasteiger partial charge is 0.0127 e. The van der Waals surface area contributed by atoms with Crippen molar-refractivity contribution in [1.29, 1.82) is 0 Å². The lowest BCUT2D eigenvalue weighted by atomic mass is 9.77. The van der Waals surface area contributed by atoms with Crippen molar-refractivity contribution < 1.29 is 0 Å². The Morgan fingerprint density at radius 2 is 2.11 bits per heavy atom. The fraction of sp³-hybridized carbons (Fsp3) is 0.778. The predicted molar refractivity (Wildman–Crippen MR) is 83.0 cm³/mol. The SMILES string of the molecule is C#CCCCC1CCC(CCC=C)C2CCCCN12. The zero-order valence-corrected chi connectivity index (χ0v) is 12.3. The van der Waals surface area contributed by atoms with E-state index in [2.05, 4.69) is 23.5 Å². The summed E-state index contributed by atoms with van der Waals surface area (Å²) >= 11 is 0. The fourth-order valence-electron chi connectivity index (χ4n) is 4.12. The summed E-state index contributed by atoms with van der Waals surface area (Å²) in [6, 6.07) is 1.68. The van der Waals surface area contributed by atoms with E-state index in [-0.39, 0.29) is 0 Å². The maximum Gasteiger partial charge on any atom is 0.0127 e. The van der Waals surface area contributed by atoms with Gasteiger partial charge in [0, 0.05) is 18.5 Å². The molecule has 2 fully saturated rings. The third-order valence-electron chi connectivity index (χ3n) is 5.08. The van der Waals surface area contributed by atoms with Crippen LogP contribution in [0.3, 0.4) is 0 Å². The molecule has 2 aliphatic rings. The van der Waals surface area contributed by atoms with E-state index in [1.165, 1.54) is 64.3 Å². The number of piperidine rings is 2. The summed E-state index contributed by atoms with van der Waals surface area (Å²) in [7, 11) is 0. The van der Waals surface area contributed by atoms with Crippen molar-refractivity contribution in [2.24, 2.45) is 5.92 Å². The molecule has 0 amide bonds. The van der Waals surface area contributed by atoms with Gasteiger partial charge in [-0.15, -0.1) is 18.9 Å². The molecular formula is C18H29N. The van der Waals surface area contributed by atoms with Crippen LogP contribution in [0.25, 0.3) is 0 Å². The number of rotatable bonds is 6. The molecule has 0 aromatic carbocycles. The zero-order chi connectivity index (χ0) is 13.5. The Balaban J connectivity index is 1.91. The monoisotopic (exact) mass is 259 g/mol. The number of hydrogen-bond acceptors (Lipinski definition) is 1. The first-order valence-electron chi connectivity index (χ1n) is 8.17. The van der Waals surface area contributed by atoms with E-state index in [0.717, 1.165) is 24.4 Å². The van der Waals surface area contributed by atoms with Gasteiger partial charge in [0.25, 0.3) is 0 Å². The number of unbranched alkanes of at least 4 members (excludes halogenated alkanes) is 1. The molecule has 3 unspecified atom stereocenters. The summed E-state index contributed by atoms with van der Waals surface area (Å²) < 4.78 is 0. The van der Waals surface area contributed by atoms with Crippen molar-refractivity contribution in [1.82, 2.24) is 4.90 Å². The summed E-state index contributed by atoms with van der Waals surface area (Å²) in [4.78, 5) is 2.84. The molecule has 0 spiro atoms. The van der Waals surface area contributed by atoms with E-state index in [1.54, 1.807) is 0 Å². The highest BCUT2D eigenvalue weighted by Crippen LogP contribution is 2.38. The Labute approximate surface area is 119 Å². The third-order valence-corrected chi connectivity index (χ3v) is 5.08. The lowest BCUT2D eigenvalue weighted by Gasteiger charge is -2.49. The van der Waals surface area contributed by atoms with E-state index in [0.29, 0.717) is 0 Å². The number of nitrogens with zero attached hydrogens (tertiary/aromatic N) is 1. The van der Waals surface area contributed by atoms with E-state index < -0.39 is 0 Å². The van der Waals surface area contributed by atoms with Crippen LogP contribution in [0.5, 0.6) is 0 Å². The molecule has 0 aliphatic carbocycles. The highest BCUT2D eigenvalue weighted by atomic mass is 15.2. The molecular weight excluding hydrogens is 230 g/mol. The van der Waals surface area contributed by atoms with Crippen LogP contribution in [-0.2, 0) is 0 Å². The van der Waals surface area contributed by atoms with Crippen LogP contribution >= 0.6 is 0 Å². The van der Waals surface area contributed by atoms with Crippen molar-refractivity contribution in [2.75, 3.05) is 6.54 Å². The van der Waals surface area contributed by atoms with Crippen molar-refractivity contribution in [2.45, 2.75) is 76.3 Å². The lowest BCUT2D eigenvalue weighted by Crippen LogP contribution is -2.53. The molecule has 1 nitrogen and oxygen atoms in total. The number of fused-ring (bicyclic) bond motifs is 1. The highest BCUT2D eigenvalue weighted by molar-refractivity contribution is 4.93. The second-order valence-electron chi connectivity index (χ2n) is 6.25. The van der Waals surface area contributed by atoms with Crippen LogP contribution < -0.4 is 0 Å². The van der Waals surface area contributed by atoms with Gasteiger partial charge in [-0.25, -0.2) is 0 Å². The average molecular weight is 259 g/mol. The Kier molecular flexibility index (Phi) is 5.98. The summed E-state index contributed by atoms with van der Waals surface area (Å²) in [6.45, 7) is 5.21. The van der Waals surface area contributed by atoms with Gasteiger partial charge in [0.1, 0.15) is 0 Å². The first-order chi connectivity index (χ1) is 9.36. The molecule has 0 saturated carbocycles. The summed E-state index contributed by atoms with van der Waals surface area (Å²) in [5.74, 6) is 3.71. The molecule has 2 aliphatic heterocycles. The van der Waals surface area contributed by atoms with Gasteiger partial charge in [-0.2, -0.15) is 0 Å². The van der Waals surface area contributed by atoms with Crippen LogP contribution in [0.15, 0.2) is 12.7 Å². The van der Waals surface area contributed by atoms with Gasteiger partial charge in [-0.05, 0) is 63.8 Å². The molecule has 106 valence electrons. The van der Waals surface area contributed by atoms with Crippen LogP contribution in [0.2, 0.25) is 0 Å². The van der Waals surface area contributed by atoms with Crippen LogP contribution in [-0.4, -0.2) is 23.5 Å². The van der Waals surface area contributed by atoms with E-state index in [4.69, 9.17) is 6.42 Å². The highest BCUT2D eigenvalue weighted by Gasteiger charge is 2.37. The van der Waals surface area contributed by atoms with Gasteiger partial charge in [-0.3, -0.25) is 4.90 Å². The molecule has 19 heavy (non-hydrogen) atoms. The standard InChI is InChI=1S/C18H29N/c1-3-5-7-11-17-14-13-16(10-6-4-2)18-12-8-9-15-19(17)18/h1,4,16-18H,2,5-15H2. The Morgan fingerprint density at radius 3 is 2.89 bits per heavy atom. The molecule has 2 rings (SSSR count). The quantitative estimate of drug-likeness (QED) is 0.388. The van der Waals surface area contributed by atoms with E-state index in [9.17, 15) is 0 Å². The summed E-state index contributed by atoms with van der Waals surface area (Å²) in [5, 5.41) is 0. The molecule has 0 aromatic rings. The van der Waals surface area contributed by atoms with Gasteiger partial charge in [0.2, 0.25) is 0 Å². The minimum Gasteiger partial charge on any atom is -0.297 e. The average Bonchev–Trinajstić information content (AvgIpc) is 2.46. The number of terminal acetylenes is 1. The Bertz CT molecular complexity index is 314. The topological polar surface area (TPSA) is 3.24 Å². The molecule has 0 N–H and O–H groups in total. The van der Waals surface area contributed by atoms with Gasteiger partial charge in [0.05, 0.1) is 0 Å². The number of allylic oxidation sites excluding steroid dienone is 1. The van der Waals surface area contributed by atoms with E-state index >= 15 is 0 Å². The predicted octanol–water partition coefficient (Wildman–Crippen LogP) is 4.39. The molecule has 1 heteroatoms. The van der Waals surface area contributed by atoms with Crippen LogP contribution in [0.4, 0.5) is 0 Å². The van der Waals surface area contributed by atoms with Gasteiger partial charge >= 0.3 is 0 Å². The van der Waals surface area contributed by atoms with Crippen molar-refractivity contribution in [3.8, 4) is 12.3 Å². The Morgan fingerprint density at radius 1 is 1.21 bits per heavy atom. The number of hydrogen-bond donors (Lipinski definition) is 0. The third kappa shape index (κ3) is 3.86. The molecule has 2 saturated heterocycles. The van der Waals surface area contributed by atoms with Crippen molar-refractivity contribution >= 4 is 0 Å². The molecule has 2 heterocycles. The molecule has 0 aromatic heterocycles. The van der Waals surface area contributed by atoms with Gasteiger partial charge < -0.3 is 0 Å². The molecule has 0 radical (unpaired) electrons. The first kappa shape index (κ1) is 14.7. The maximum absolute atomic E-state index is 5.38. The minimum atomic E-state index is 0.818. The lowest BCUT2D eigenvalue weighted by molar-refractivity contribution is 0.00543. The van der Waals surface area contributed by atoms with Crippen LogP contribution in [0, 0.1) is 18.3 Å². The largest absolute Gasteiger partial charge is 0.297 e. The second kappa shape index (κ2) is 7.75. The normalized spacial score (nSPS) is 31.4. The van der Waals surface area contributed by atoms with Crippen molar-refractivity contribution in [3.63, 3.8) is 0 Å². The maximum atomic E-state index is 5.38. The van der Waals surface area contributed by atoms with Crippen molar-refractivity contribution in [3.05, 3.63) is 12.7 Å². The minimum absolute atomic E-state index is 0.818.